The number of anilines is 1. The zero-order valence-electron chi connectivity index (χ0n) is 17.6. The van der Waals surface area contributed by atoms with Gasteiger partial charge in [0.1, 0.15) is 5.75 Å². The molecule has 7 nitrogen and oxygen atoms in total. The Balaban J connectivity index is 1.44. The van der Waals surface area contributed by atoms with Crippen LogP contribution in [0.3, 0.4) is 0 Å². The van der Waals surface area contributed by atoms with Gasteiger partial charge in [-0.25, -0.2) is 14.0 Å². The van der Waals surface area contributed by atoms with Crippen LogP contribution < -0.4 is 20.1 Å². The van der Waals surface area contributed by atoms with Crippen LogP contribution in [0.15, 0.2) is 42.5 Å². The molecule has 0 radical (unpaired) electrons. The Morgan fingerprint density at radius 3 is 2.24 bits per heavy atom. The highest BCUT2D eigenvalue weighted by Crippen LogP contribution is 2.28. The molecule has 2 N–H and O–H groups in total. The fourth-order valence-electron chi connectivity index (χ4n) is 3.44. The van der Waals surface area contributed by atoms with Gasteiger partial charge in [-0.15, -0.1) is 13.2 Å². The largest absolute Gasteiger partial charge is 0.573 e. The lowest BCUT2D eigenvalue weighted by Crippen LogP contribution is -2.41. The summed E-state index contributed by atoms with van der Waals surface area (Å²) in [6, 6.07) is 8.52. The first-order chi connectivity index (χ1) is 15.6. The summed E-state index contributed by atoms with van der Waals surface area (Å²) in [5.41, 5.74) is 0.415. The summed E-state index contributed by atoms with van der Waals surface area (Å²) in [5.74, 6) is -2.04. The molecule has 2 amide bonds. The van der Waals surface area contributed by atoms with Crippen LogP contribution in [-0.2, 0) is 4.74 Å². The number of carbonyl (C=O) groups is 2. The van der Waals surface area contributed by atoms with E-state index < -0.39 is 29.9 Å². The second-order valence-corrected chi connectivity index (χ2v) is 7.40. The normalized spacial score (nSPS) is 18.2. The Labute approximate surface area is 187 Å². The smallest absolute Gasteiger partial charge is 0.490 e. The molecule has 2 aromatic rings. The number of alkyl halides is 3. The van der Waals surface area contributed by atoms with Crippen LogP contribution in [0.2, 0.25) is 0 Å². The first-order valence-corrected chi connectivity index (χ1v) is 10.1. The van der Waals surface area contributed by atoms with E-state index in [1.165, 1.54) is 7.11 Å². The zero-order valence-corrected chi connectivity index (χ0v) is 17.6. The van der Waals surface area contributed by atoms with Crippen molar-refractivity contribution in [1.29, 1.82) is 0 Å². The van der Waals surface area contributed by atoms with Crippen LogP contribution in [0.5, 0.6) is 11.5 Å². The van der Waals surface area contributed by atoms with Gasteiger partial charge in [-0.2, -0.15) is 0 Å². The monoisotopic (exact) mass is 470 g/mol. The van der Waals surface area contributed by atoms with Crippen molar-refractivity contribution in [1.82, 2.24) is 5.32 Å². The highest BCUT2D eigenvalue weighted by Gasteiger charge is 2.32. The molecule has 11 heteroatoms. The average Bonchev–Trinajstić information content (AvgIpc) is 2.76. The number of hydrogen-bond donors (Lipinski definition) is 2. The van der Waals surface area contributed by atoms with Crippen LogP contribution in [0, 0.1) is 5.82 Å². The van der Waals surface area contributed by atoms with Gasteiger partial charge in [0.25, 0.3) is 0 Å². The Hall–Kier alpha value is -3.50. The van der Waals surface area contributed by atoms with E-state index >= 15 is 0 Å². The number of nitrogens with one attached hydrogen (secondary N) is 2. The summed E-state index contributed by atoms with van der Waals surface area (Å²) in [5, 5.41) is 5.15. The summed E-state index contributed by atoms with van der Waals surface area (Å²) in [6.07, 6.45) is -2.41. The number of esters is 1. The second kappa shape index (κ2) is 10.4. The first kappa shape index (κ1) is 24.1. The van der Waals surface area contributed by atoms with E-state index in [0.29, 0.717) is 37.0 Å². The van der Waals surface area contributed by atoms with E-state index in [1.54, 1.807) is 24.3 Å². The fourth-order valence-corrected chi connectivity index (χ4v) is 3.44. The van der Waals surface area contributed by atoms with Crippen molar-refractivity contribution in [2.45, 2.75) is 44.2 Å². The third-order valence-corrected chi connectivity index (χ3v) is 5.00. The van der Waals surface area contributed by atoms with E-state index in [1.807, 2.05) is 0 Å². The van der Waals surface area contributed by atoms with Gasteiger partial charge in [0.2, 0.25) is 0 Å². The standard InChI is InChI=1S/C22H22F4N2O5/c1-31-20(29)13-2-7-16(8-3-13)32-17-9-4-14(5-10-17)27-21(30)28-15-6-11-19(18(23)12-15)33-22(24,25)26/h2-3,6-8,11-12,14,17H,4-5,9-10H2,1H3,(H2,27,28,30). The molecule has 1 aliphatic rings. The number of rotatable bonds is 6. The predicted molar refractivity (Wildman–Crippen MR) is 110 cm³/mol. The second-order valence-electron chi connectivity index (χ2n) is 7.40. The van der Waals surface area contributed by atoms with Crippen LogP contribution in [-0.4, -0.2) is 37.6 Å². The fraction of sp³-hybridized carbons (Fsp3) is 0.364. The molecule has 0 unspecified atom stereocenters. The van der Waals surface area contributed by atoms with Crippen molar-refractivity contribution < 1.29 is 41.4 Å². The van der Waals surface area contributed by atoms with Crippen molar-refractivity contribution in [3.05, 3.63) is 53.8 Å². The lowest BCUT2D eigenvalue weighted by molar-refractivity contribution is -0.275. The molecular formula is C22H22F4N2O5. The van der Waals surface area contributed by atoms with E-state index in [-0.39, 0.29) is 17.8 Å². The van der Waals surface area contributed by atoms with Gasteiger partial charge in [0.05, 0.1) is 18.8 Å². The topological polar surface area (TPSA) is 85.9 Å². The van der Waals surface area contributed by atoms with Crippen LogP contribution in [0.4, 0.5) is 28.0 Å². The average molecular weight is 470 g/mol. The summed E-state index contributed by atoms with van der Waals surface area (Å²) in [7, 11) is 1.31. The minimum Gasteiger partial charge on any atom is -0.490 e. The maximum atomic E-state index is 13.8. The number of carbonyl (C=O) groups excluding carboxylic acids is 2. The van der Waals surface area contributed by atoms with Crippen LogP contribution >= 0.6 is 0 Å². The maximum Gasteiger partial charge on any atom is 0.573 e. The molecule has 178 valence electrons. The summed E-state index contributed by atoms with van der Waals surface area (Å²) >= 11 is 0. The van der Waals surface area contributed by atoms with Crippen molar-refractivity contribution in [2.75, 3.05) is 12.4 Å². The molecule has 3 rings (SSSR count). The Kier molecular flexibility index (Phi) is 7.62. The van der Waals surface area contributed by atoms with Crippen LogP contribution in [0.1, 0.15) is 36.0 Å². The molecule has 1 saturated carbocycles. The molecule has 0 bridgehead atoms. The van der Waals surface area contributed by atoms with E-state index in [0.717, 1.165) is 18.2 Å². The summed E-state index contributed by atoms with van der Waals surface area (Å²) in [4.78, 5) is 23.6. The van der Waals surface area contributed by atoms with E-state index in [4.69, 9.17) is 4.74 Å². The maximum absolute atomic E-state index is 13.8. The number of halogens is 4. The van der Waals surface area contributed by atoms with E-state index in [2.05, 4.69) is 20.1 Å². The molecule has 33 heavy (non-hydrogen) atoms. The Morgan fingerprint density at radius 2 is 1.67 bits per heavy atom. The molecule has 0 spiro atoms. The third-order valence-electron chi connectivity index (χ3n) is 5.00. The lowest BCUT2D eigenvalue weighted by atomic mass is 9.93. The Morgan fingerprint density at radius 1 is 1.00 bits per heavy atom. The van der Waals surface area contributed by atoms with Gasteiger partial charge in [-0.3, -0.25) is 0 Å². The van der Waals surface area contributed by atoms with Gasteiger partial charge in [-0.1, -0.05) is 0 Å². The molecule has 0 heterocycles. The number of urea groups is 1. The minimum absolute atomic E-state index is 0.00746. The predicted octanol–water partition coefficient (Wildman–Crippen LogP) is 5.02. The SMILES string of the molecule is COC(=O)c1ccc(OC2CCC(NC(=O)Nc3ccc(OC(F)(F)F)c(F)c3)CC2)cc1. The molecule has 0 atom stereocenters. The number of methoxy groups -OCH3 is 1. The summed E-state index contributed by atoms with van der Waals surface area (Å²) < 4.78 is 64.5. The highest BCUT2D eigenvalue weighted by molar-refractivity contribution is 5.90. The zero-order chi connectivity index (χ0) is 24.0. The van der Waals surface area contributed by atoms with Gasteiger partial charge >= 0.3 is 18.4 Å². The lowest BCUT2D eigenvalue weighted by Gasteiger charge is -2.29. The molecule has 0 saturated heterocycles. The van der Waals surface area contributed by atoms with Crippen LogP contribution in [0.25, 0.3) is 0 Å². The Bertz CT molecular complexity index is 974. The number of benzene rings is 2. The minimum atomic E-state index is -5.01. The van der Waals surface area contributed by atoms with Crippen molar-refractivity contribution in [3.8, 4) is 11.5 Å². The number of amides is 2. The number of hydrogen-bond acceptors (Lipinski definition) is 5. The number of ether oxygens (including phenoxy) is 3. The van der Waals surface area contributed by atoms with Gasteiger partial charge in [0.15, 0.2) is 11.6 Å². The molecular weight excluding hydrogens is 448 g/mol. The quantitative estimate of drug-likeness (QED) is 0.457. The molecule has 2 aromatic carbocycles. The van der Waals surface area contributed by atoms with Gasteiger partial charge in [-0.05, 0) is 62.1 Å². The third kappa shape index (κ3) is 7.26. The highest BCUT2D eigenvalue weighted by atomic mass is 19.4. The first-order valence-electron chi connectivity index (χ1n) is 10.1. The molecule has 1 fully saturated rings. The molecule has 1 aliphatic carbocycles. The van der Waals surface area contributed by atoms with Crippen molar-refractivity contribution in [3.63, 3.8) is 0 Å². The van der Waals surface area contributed by atoms with Crippen molar-refractivity contribution in [2.24, 2.45) is 0 Å². The van der Waals surface area contributed by atoms with Gasteiger partial charge in [0, 0.05) is 17.8 Å². The van der Waals surface area contributed by atoms with E-state index in [9.17, 15) is 27.2 Å². The molecule has 0 aromatic heterocycles. The summed E-state index contributed by atoms with van der Waals surface area (Å²) in [6.45, 7) is 0. The molecule has 0 aliphatic heterocycles. The van der Waals surface area contributed by atoms with Gasteiger partial charge < -0.3 is 24.8 Å². The van der Waals surface area contributed by atoms with Crippen molar-refractivity contribution >= 4 is 17.7 Å².